The van der Waals surface area contributed by atoms with Crippen LogP contribution in [0.5, 0.6) is 0 Å². The average Bonchev–Trinajstić information content (AvgIpc) is 3.24. The third-order valence-corrected chi connectivity index (χ3v) is 5.99. The summed E-state index contributed by atoms with van der Waals surface area (Å²) in [4.78, 5) is 27.0. The van der Waals surface area contributed by atoms with Crippen molar-refractivity contribution < 1.29 is 9.90 Å². The molecule has 1 amide bonds. The van der Waals surface area contributed by atoms with Crippen molar-refractivity contribution >= 4 is 59.2 Å². The van der Waals surface area contributed by atoms with Crippen LogP contribution in [-0.4, -0.2) is 51.2 Å². The van der Waals surface area contributed by atoms with Gasteiger partial charge < -0.3 is 26.0 Å². The first-order chi connectivity index (χ1) is 14.5. The molecule has 1 aromatic carbocycles. The molecule has 4 rings (SSSR count). The molecular weight excluding hydrogens is 475 g/mol. The monoisotopic (exact) mass is 500 g/mol. The molecule has 1 atom stereocenters. The average molecular weight is 502 g/mol. The number of fused-ring (bicyclic) bond motifs is 1. The van der Waals surface area contributed by atoms with Gasteiger partial charge in [-0.3, -0.25) is 4.79 Å². The summed E-state index contributed by atoms with van der Waals surface area (Å²) in [6, 6.07) is 8.88. The lowest BCUT2D eigenvalue weighted by Crippen LogP contribution is -2.60. The van der Waals surface area contributed by atoms with Crippen LogP contribution in [0.2, 0.25) is 5.02 Å². The van der Waals surface area contributed by atoms with Gasteiger partial charge in [-0.2, -0.15) is 0 Å². The predicted molar refractivity (Wildman–Crippen MR) is 131 cm³/mol. The Morgan fingerprint density at radius 1 is 1.22 bits per heavy atom. The molecule has 1 unspecified atom stereocenters. The molecule has 2 aromatic heterocycles. The van der Waals surface area contributed by atoms with Crippen LogP contribution in [0, 0.1) is 0 Å². The van der Waals surface area contributed by atoms with Gasteiger partial charge in [-0.15, -0.1) is 24.8 Å². The highest BCUT2D eigenvalue weighted by Crippen LogP contribution is 2.29. The van der Waals surface area contributed by atoms with E-state index in [2.05, 4.69) is 25.2 Å². The minimum atomic E-state index is -0.971. The number of aromatic nitrogens is 3. The number of aromatic amines is 1. The van der Waals surface area contributed by atoms with Crippen molar-refractivity contribution in [2.75, 3.05) is 24.6 Å². The molecule has 174 valence electrons. The summed E-state index contributed by atoms with van der Waals surface area (Å²) < 4.78 is 0. The van der Waals surface area contributed by atoms with Crippen LogP contribution >= 0.6 is 36.4 Å². The number of carbonyl (C=O) groups is 1. The maximum absolute atomic E-state index is 13.1. The van der Waals surface area contributed by atoms with E-state index in [-0.39, 0.29) is 43.4 Å². The van der Waals surface area contributed by atoms with Gasteiger partial charge in [0.05, 0.1) is 17.0 Å². The summed E-state index contributed by atoms with van der Waals surface area (Å²) in [6.07, 6.45) is 4.78. The zero-order valence-electron chi connectivity index (χ0n) is 17.3. The van der Waals surface area contributed by atoms with E-state index in [9.17, 15) is 9.90 Å². The number of hydrogen-bond donors (Lipinski definition) is 4. The molecule has 11 heteroatoms. The number of nitrogens with one attached hydrogen (secondary N) is 2. The van der Waals surface area contributed by atoms with Crippen molar-refractivity contribution in [3.05, 3.63) is 53.4 Å². The number of H-pyrrole nitrogens is 1. The normalized spacial score (nSPS) is 16.0. The number of benzene rings is 1. The molecule has 0 radical (unpaired) electrons. The van der Waals surface area contributed by atoms with Crippen LogP contribution in [-0.2, 0) is 4.79 Å². The van der Waals surface area contributed by atoms with E-state index < -0.39 is 5.54 Å². The molecule has 1 saturated heterocycles. The fourth-order valence-corrected chi connectivity index (χ4v) is 4.03. The van der Waals surface area contributed by atoms with E-state index in [0.717, 1.165) is 22.4 Å². The molecule has 1 aliphatic heterocycles. The molecule has 1 fully saturated rings. The molecular formula is C21H27Cl3N6O2. The Kier molecular flexibility index (Phi) is 9.12. The van der Waals surface area contributed by atoms with Gasteiger partial charge in [0.1, 0.15) is 17.8 Å². The Labute approximate surface area is 203 Å². The summed E-state index contributed by atoms with van der Waals surface area (Å²) in [5, 5.41) is 14.0. The third kappa shape index (κ3) is 5.44. The molecule has 1 aliphatic rings. The fraction of sp³-hybridized carbons (Fsp3) is 0.381. The van der Waals surface area contributed by atoms with E-state index in [4.69, 9.17) is 17.3 Å². The van der Waals surface area contributed by atoms with Crippen LogP contribution in [0.25, 0.3) is 11.0 Å². The number of aliphatic hydroxyl groups is 1. The van der Waals surface area contributed by atoms with E-state index in [1.807, 2.05) is 24.4 Å². The number of anilines is 1. The Hall–Kier alpha value is -2.10. The van der Waals surface area contributed by atoms with Crippen molar-refractivity contribution in [2.45, 2.75) is 30.8 Å². The van der Waals surface area contributed by atoms with Gasteiger partial charge in [0, 0.05) is 30.9 Å². The van der Waals surface area contributed by atoms with Gasteiger partial charge in [0.2, 0.25) is 5.91 Å². The number of rotatable bonds is 6. The van der Waals surface area contributed by atoms with E-state index in [0.29, 0.717) is 37.4 Å². The Balaban J connectivity index is 0.00000181. The van der Waals surface area contributed by atoms with Gasteiger partial charge >= 0.3 is 0 Å². The lowest BCUT2D eigenvalue weighted by atomic mass is 9.87. The summed E-state index contributed by atoms with van der Waals surface area (Å²) in [6.45, 7) is 1.19. The standard InChI is InChI=1S/C21H25ClN6O2.2ClH/c22-15-3-1-14(2-4-15)17(6-12-29)27-20(30)21(23)7-10-28(11-8-21)19-16-5-9-24-18(16)25-13-26-19;;/h1-5,9,13,17,29H,6-8,10-12,23H2,(H,27,30)(H,24,25,26);2*1H. The Morgan fingerprint density at radius 2 is 1.91 bits per heavy atom. The first kappa shape index (κ1) is 26.2. The quantitative estimate of drug-likeness (QED) is 0.412. The van der Waals surface area contributed by atoms with Crippen molar-refractivity contribution in [3.8, 4) is 0 Å². The summed E-state index contributed by atoms with van der Waals surface area (Å²) >= 11 is 5.96. The molecule has 5 N–H and O–H groups in total. The number of amides is 1. The van der Waals surface area contributed by atoms with Crippen LogP contribution < -0.4 is 16.0 Å². The van der Waals surface area contributed by atoms with Crippen LogP contribution in [0.15, 0.2) is 42.9 Å². The zero-order valence-corrected chi connectivity index (χ0v) is 19.7. The maximum atomic E-state index is 13.1. The molecule has 8 nitrogen and oxygen atoms in total. The zero-order chi connectivity index (χ0) is 21.1. The van der Waals surface area contributed by atoms with Crippen LogP contribution in [0.3, 0.4) is 0 Å². The second-order valence-electron chi connectivity index (χ2n) is 7.67. The van der Waals surface area contributed by atoms with Gasteiger partial charge in [0.25, 0.3) is 0 Å². The summed E-state index contributed by atoms with van der Waals surface area (Å²) in [7, 11) is 0. The van der Waals surface area contributed by atoms with Crippen molar-refractivity contribution in [1.29, 1.82) is 0 Å². The molecule has 0 aliphatic carbocycles. The number of nitrogens with two attached hydrogens (primary N) is 1. The molecule has 3 aromatic rings. The van der Waals surface area contributed by atoms with Gasteiger partial charge in [-0.1, -0.05) is 23.7 Å². The van der Waals surface area contributed by atoms with Crippen molar-refractivity contribution in [2.24, 2.45) is 5.73 Å². The SMILES string of the molecule is Cl.Cl.NC1(C(=O)NC(CCO)c2ccc(Cl)cc2)CCN(c2ncnc3[nH]ccc23)CC1. The highest BCUT2D eigenvalue weighted by molar-refractivity contribution is 6.30. The van der Waals surface area contributed by atoms with E-state index in [1.54, 1.807) is 12.1 Å². The van der Waals surface area contributed by atoms with Crippen molar-refractivity contribution in [1.82, 2.24) is 20.3 Å². The summed E-state index contributed by atoms with van der Waals surface area (Å²) in [5.74, 6) is 0.646. The molecule has 0 spiro atoms. The Bertz CT molecular complexity index is 1020. The van der Waals surface area contributed by atoms with Crippen LogP contribution in [0.4, 0.5) is 5.82 Å². The third-order valence-electron chi connectivity index (χ3n) is 5.74. The molecule has 32 heavy (non-hydrogen) atoms. The van der Waals surface area contributed by atoms with Gasteiger partial charge in [-0.05, 0) is 43.0 Å². The summed E-state index contributed by atoms with van der Waals surface area (Å²) in [5.41, 5.74) is 7.23. The van der Waals surface area contributed by atoms with E-state index >= 15 is 0 Å². The first-order valence-corrected chi connectivity index (χ1v) is 10.4. The van der Waals surface area contributed by atoms with Gasteiger partial charge in [0.15, 0.2) is 0 Å². The fourth-order valence-electron chi connectivity index (χ4n) is 3.90. The topological polar surface area (TPSA) is 120 Å². The number of aliphatic hydroxyl groups excluding tert-OH is 1. The maximum Gasteiger partial charge on any atom is 0.240 e. The number of piperidine rings is 1. The lowest BCUT2D eigenvalue weighted by molar-refractivity contribution is -0.128. The van der Waals surface area contributed by atoms with Gasteiger partial charge in [-0.25, -0.2) is 9.97 Å². The molecule has 0 bridgehead atoms. The number of halogens is 3. The first-order valence-electron chi connectivity index (χ1n) is 9.99. The number of nitrogens with zero attached hydrogens (tertiary/aromatic N) is 3. The largest absolute Gasteiger partial charge is 0.396 e. The van der Waals surface area contributed by atoms with Crippen molar-refractivity contribution in [3.63, 3.8) is 0 Å². The molecule has 3 heterocycles. The number of hydrogen-bond acceptors (Lipinski definition) is 6. The highest BCUT2D eigenvalue weighted by Gasteiger charge is 2.39. The number of carbonyl (C=O) groups excluding carboxylic acids is 1. The predicted octanol–water partition coefficient (Wildman–Crippen LogP) is 2.99. The smallest absolute Gasteiger partial charge is 0.240 e. The molecule has 0 saturated carbocycles. The van der Waals surface area contributed by atoms with E-state index in [1.165, 1.54) is 6.33 Å². The minimum absolute atomic E-state index is 0. The second kappa shape index (κ2) is 11.2. The lowest BCUT2D eigenvalue weighted by Gasteiger charge is -2.39. The second-order valence-corrected chi connectivity index (χ2v) is 8.11. The highest BCUT2D eigenvalue weighted by atomic mass is 35.5. The minimum Gasteiger partial charge on any atom is -0.396 e. The van der Waals surface area contributed by atoms with Crippen LogP contribution in [0.1, 0.15) is 30.9 Å². The Morgan fingerprint density at radius 3 is 2.56 bits per heavy atom.